The van der Waals surface area contributed by atoms with Crippen molar-refractivity contribution in [1.29, 1.82) is 0 Å². The summed E-state index contributed by atoms with van der Waals surface area (Å²) in [7, 11) is 0. The molecule has 1 heterocycles. The van der Waals surface area contributed by atoms with Gasteiger partial charge in [-0.25, -0.2) is 0 Å². The predicted octanol–water partition coefficient (Wildman–Crippen LogP) is 9.54. The highest BCUT2D eigenvalue weighted by Crippen LogP contribution is 2.36. The summed E-state index contributed by atoms with van der Waals surface area (Å²) in [6.45, 7) is 16.9. The number of ether oxygens (including phenoxy) is 1. The zero-order chi connectivity index (χ0) is 31.0. The van der Waals surface area contributed by atoms with E-state index in [9.17, 15) is 18.0 Å². The number of carbonyl (C=O) groups is 1. The molecule has 0 bridgehead atoms. The van der Waals surface area contributed by atoms with Gasteiger partial charge in [-0.2, -0.15) is 13.2 Å². The van der Waals surface area contributed by atoms with Crippen LogP contribution >= 0.6 is 0 Å². The van der Waals surface area contributed by atoms with Crippen LogP contribution in [0.5, 0.6) is 5.75 Å². The average molecular weight is 577 g/mol. The van der Waals surface area contributed by atoms with Crippen LogP contribution in [0.25, 0.3) is 5.69 Å². The Morgan fingerprint density at radius 2 is 1.43 bits per heavy atom. The molecule has 7 heteroatoms. The van der Waals surface area contributed by atoms with Crippen molar-refractivity contribution in [2.75, 3.05) is 5.32 Å². The minimum Gasteiger partial charge on any atom is -0.489 e. The van der Waals surface area contributed by atoms with Crippen LogP contribution in [0.3, 0.4) is 0 Å². The quantitative estimate of drug-likeness (QED) is 0.248. The number of hydrogen-bond donors (Lipinski definition) is 1. The molecule has 4 nitrogen and oxygen atoms in total. The lowest BCUT2D eigenvalue weighted by Crippen LogP contribution is -2.17. The molecule has 0 aliphatic rings. The second-order valence-corrected chi connectivity index (χ2v) is 12.8. The molecule has 0 spiro atoms. The molecule has 4 aromatic rings. The lowest BCUT2D eigenvalue weighted by atomic mass is 9.79. The van der Waals surface area contributed by atoms with E-state index in [2.05, 4.69) is 65.1 Å². The minimum atomic E-state index is -4.52. The van der Waals surface area contributed by atoms with Gasteiger partial charge in [-0.05, 0) is 71.7 Å². The molecule has 1 N–H and O–H groups in total. The SMILES string of the molecule is Cc1cc(C(=O)Nc2cccc(OCc3cc(C(C)(C)C)cc(C(C)(C)C)c3)c2)c(C)n1-c1ccccc1C(F)(F)F. The van der Waals surface area contributed by atoms with Gasteiger partial charge in [0, 0.05) is 23.1 Å². The largest absolute Gasteiger partial charge is 0.489 e. The highest BCUT2D eigenvalue weighted by molar-refractivity contribution is 6.05. The summed E-state index contributed by atoms with van der Waals surface area (Å²) in [4.78, 5) is 13.3. The molecule has 4 rings (SSSR count). The number of nitrogens with one attached hydrogen (secondary N) is 1. The van der Waals surface area contributed by atoms with Crippen molar-refractivity contribution in [3.63, 3.8) is 0 Å². The van der Waals surface area contributed by atoms with E-state index >= 15 is 0 Å². The number of hydrogen-bond acceptors (Lipinski definition) is 2. The number of benzene rings is 3. The predicted molar refractivity (Wildman–Crippen MR) is 163 cm³/mol. The molecular formula is C35H39F3N2O2. The van der Waals surface area contributed by atoms with Crippen molar-refractivity contribution >= 4 is 11.6 Å². The number of aromatic nitrogens is 1. The minimum absolute atomic E-state index is 0.00946. The average Bonchev–Trinajstić information content (AvgIpc) is 3.19. The number of rotatable bonds is 6. The van der Waals surface area contributed by atoms with E-state index in [1.807, 2.05) is 6.07 Å². The van der Waals surface area contributed by atoms with Crippen LogP contribution in [0.2, 0.25) is 0 Å². The standard InChI is InChI=1S/C35H39F3N2O2/c1-22-16-29(23(2)40(22)31-15-10-9-14-30(31)35(36,37)38)32(41)39-27-12-11-13-28(20-27)42-21-24-17-25(33(3,4)5)19-26(18-24)34(6,7)8/h9-20H,21H2,1-8H3,(H,39,41). The third-order valence-electron chi connectivity index (χ3n) is 7.35. The molecule has 0 atom stereocenters. The van der Waals surface area contributed by atoms with Crippen molar-refractivity contribution < 1.29 is 22.7 Å². The number of amides is 1. The topological polar surface area (TPSA) is 43.3 Å². The molecule has 0 saturated carbocycles. The number of para-hydroxylation sites is 1. The van der Waals surface area contributed by atoms with Gasteiger partial charge in [0.25, 0.3) is 5.91 Å². The van der Waals surface area contributed by atoms with Gasteiger partial charge in [0.15, 0.2) is 0 Å². The van der Waals surface area contributed by atoms with Gasteiger partial charge < -0.3 is 14.6 Å². The second-order valence-electron chi connectivity index (χ2n) is 12.8. The molecule has 0 saturated heterocycles. The zero-order valence-corrected chi connectivity index (χ0v) is 25.5. The first-order valence-corrected chi connectivity index (χ1v) is 14.0. The maximum absolute atomic E-state index is 13.7. The molecule has 222 valence electrons. The molecule has 1 aromatic heterocycles. The Kier molecular flexibility index (Phi) is 8.36. The number of aryl methyl sites for hydroxylation is 1. The fraction of sp³-hybridized carbons (Fsp3) is 0.343. The van der Waals surface area contributed by atoms with Crippen LogP contribution in [-0.2, 0) is 23.6 Å². The van der Waals surface area contributed by atoms with E-state index in [0.29, 0.717) is 35.0 Å². The Bertz CT molecular complexity index is 1570. The third kappa shape index (κ3) is 6.89. The Morgan fingerprint density at radius 3 is 2.02 bits per heavy atom. The van der Waals surface area contributed by atoms with Gasteiger partial charge in [-0.15, -0.1) is 0 Å². The Balaban J connectivity index is 1.55. The van der Waals surface area contributed by atoms with Crippen molar-refractivity contribution in [1.82, 2.24) is 4.57 Å². The normalized spacial score (nSPS) is 12.4. The van der Waals surface area contributed by atoms with Crippen molar-refractivity contribution in [2.45, 2.75) is 79.0 Å². The second kappa shape index (κ2) is 11.3. The van der Waals surface area contributed by atoms with E-state index in [1.165, 1.54) is 27.8 Å². The van der Waals surface area contributed by atoms with Gasteiger partial charge in [0.05, 0.1) is 16.8 Å². The Hall–Kier alpha value is -4.00. The molecule has 42 heavy (non-hydrogen) atoms. The first-order chi connectivity index (χ1) is 19.4. The summed E-state index contributed by atoms with van der Waals surface area (Å²) in [6, 6.07) is 20.7. The smallest absolute Gasteiger partial charge is 0.418 e. The number of anilines is 1. The van der Waals surface area contributed by atoms with E-state index in [0.717, 1.165) is 11.6 Å². The first kappa shape index (κ1) is 30.9. The summed E-state index contributed by atoms with van der Waals surface area (Å²) in [5, 5.41) is 2.88. The Morgan fingerprint density at radius 1 is 0.810 bits per heavy atom. The summed E-state index contributed by atoms with van der Waals surface area (Å²) >= 11 is 0. The van der Waals surface area contributed by atoms with Crippen molar-refractivity contribution in [3.8, 4) is 11.4 Å². The number of carbonyl (C=O) groups excluding carboxylic acids is 1. The van der Waals surface area contributed by atoms with E-state index in [4.69, 9.17) is 4.74 Å². The molecule has 0 radical (unpaired) electrons. The summed E-state index contributed by atoms with van der Waals surface area (Å²) in [6.07, 6.45) is -4.52. The number of nitrogens with zero attached hydrogens (tertiary/aromatic N) is 1. The van der Waals surface area contributed by atoms with Crippen LogP contribution in [0.15, 0.2) is 72.8 Å². The van der Waals surface area contributed by atoms with E-state index in [-0.39, 0.29) is 16.5 Å². The van der Waals surface area contributed by atoms with Crippen LogP contribution in [0, 0.1) is 13.8 Å². The molecule has 3 aromatic carbocycles. The maximum Gasteiger partial charge on any atom is 0.418 e. The van der Waals surface area contributed by atoms with E-state index in [1.54, 1.807) is 44.2 Å². The molecule has 0 fully saturated rings. The van der Waals surface area contributed by atoms with Crippen LogP contribution in [0.4, 0.5) is 18.9 Å². The maximum atomic E-state index is 13.7. The van der Waals surface area contributed by atoms with Gasteiger partial charge in [-0.1, -0.05) is 77.9 Å². The van der Waals surface area contributed by atoms with Gasteiger partial charge in [0.1, 0.15) is 12.4 Å². The number of alkyl halides is 3. The van der Waals surface area contributed by atoms with Crippen molar-refractivity contribution in [3.05, 3.63) is 112 Å². The Labute approximate surface area is 246 Å². The van der Waals surface area contributed by atoms with Gasteiger partial charge >= 0.3 is 6.18 Å². The molecule has 0 unspecified atom stereocenters. The lowest BCUT2D eigenvalue weighted by Gasteiger charge is -2.26. The zero-order valence-electron chi connectivity index (χ0n) is 25.5. The van der Waals surface area contributed by atoms with Crippen LogP contribution < -0.4 is 10.1 Å². The highest BCUT2D eigenvalue weighted by atomic mass is 19.4. The molecule has 0 aliphatic heterocycles. The lowest BCUT2D eigenvalue weighted by molar-refractivity contribution is -0.137. The van der Waals surface area contributed by atoms with Gasteiger partial charge in [0.2, 0.25) is 0 Å². The summed E-state index contributed by atoms with van der Waals surface area (Å²) < 4.78 is 48.7. The van der Waals surface area contributed by atoms with Crippen LogP contribution in [-0.4, -0.2) is 10.5 Å². The fourth-order valence-electron chi connectivity index (χ4n) is 4.94. The summed E-state index contributed by atoms with van der Waals surface area (Å²) in [5.74, 6) is 0.180. The molecular weight excluding hydrogens is 537 g/mol. The first-order valence-electron chi connectivity index (χ1n) is 14.0. The molecule has 0 aliphatic carbocycles. The van der Waals surface area contributed by atoms with Crippen LogP contribution in [0.1, 0.15) is 85.5 Å². The highest BCUT2D eigenvalue weighted by Gasteiger charge is 2.34. The monoisotopic (exact) mass is 576 g/mol. The molecule has 1 amide bonds. The van der Waals surface area contributed by atoms with Gasteiger partial charge in [-0.3, -0.25) is 4.79 Å². The van der Waals surface area contributed by atoms with Crippen molar-refractivity contribution in [2.24, 2.45) is 0 Å². The fourth-order valence-corrected chi connectivity index (χ4v) is 4.94. The third-order valence-corrected chi connectivity index (χ3v) is 7.35. The number of halogens is 3. The summed E-state index contributed by atoms with van der Waals surface area (Å²) in [5.41, 5.74) is 4.52. The van der Waals surface area contributed by atoms with E-state index < -0.39 is 17.6 Å².